The first-order valence-corrected chi connectivity index (χ1v) is 9.45. The molecule has 2 atom stereocenters. The molecule has 7 heteroatoms. The van der Waals surface area contributed by atoms with Gasteiger partial charge in [0.1, 0.15) is 0 Å². The van der Waals surface area contributed by atoms with E-state index in [1.54, 1.807) is 12.1 Å². The second kappa shape index (κ2) is 7.96. The van der Waals surface area contributed by atoms with Crippen molar-refractivity contribution in [3.05, 3.63) is 112 Å². The quantitative estimate of drug-likeness (QED) is 0.367. The third-order valence-electron chi connectivity index (χ3n) is 5.33. The number of hydroxylamine groups is 1. The van der Waals surface area contributed by atoms with Crippen LogP contribution in [-0.4, -0.2) is 30.1 Å². The third kappa shape index (κ3) is 3.00. The maximum Gasteiger partial charge on any atom is 0.345 e. The van der Waals surface area contributed by atoms with E-state index in [0.717, 1.165) is 0 Å². The second-order valence-electron chi connectivity index (χ2n) is 6.91. The number of rotatable bonds is 5. The summed E-state index contributed by atoms with van der Waals surface area (Å²) in [7, 11) is 1.20. The molecule has 1 saturated heterocycles. The zero-order chi connectivity index (χ0) is 21.1. The van der Waals surface area contributed by atoms with Crippen molar-refractivity contribution in [3.8, 4) is 0 Å². The second-order valence-corrected chi connectivity index (χ2v) is 6.91. The van der Waals surface area contributed by atoms with Gasteiger partial charge in [0.2, 0.25) is 0 Å². The van der Waals surface area contributed by atoms with Gasteiger partial charge in [-0.25, -0.2) is 14.7 Å². The number of nitro groups is 1. The molecule has 30 heavy (non-hydrogen) atoms. The number of anilines is 1. The number of hydrogen-bond donors (Lipinski definition) is 0. The van der Waals surface area contributed by atoms with Crippen molar-refractivity contribution in [1.82, 2.24) is 0 Å². The van der Waals surface area contributed by atoms with Crippen molar-refractivity contribution in [1.29, 1.82) is 0 Å². The highest BCUT2D eigenvalue weighted by Crippen LogP contribution is 2.49. The molecule has 0 amide bonds. The number of hydrogen-bond acceptors (Lipinski definition) is 6. The average Bonchev–Trinajstić information content (AvgIpc) is 3.18. The molecule has 1 aliphatic heterocycles. The lowest BCUT2D eigenvalue weighted by molar-refractivity contribution is -0.532. The summed E-state index contributed by atoms with van der Waals surface area (Å²) < 4.78 is 4.87. The van der Waals surface area contributed by atoms with E-state index in [4.69, 9.17) is 9.57 Å². The number of nitrogens with zero attached hydrogens (tertiary/aromatic N) is 2. The molecule has 4 rings (SSSR count). The Morgan fingerprint density at radius 1 is 0.933 bits per heavy atom. The van der Waals surface area contributed by atoms with Gasteiger partial charge in [0, 0.05) is 4.92 Å². The lowest BCUT2D eigenvalue weighted by Crippen LogP contribution is -2.53. The molecule has 1 fully saturated rings. The standard InChI is InChI=1S/C23H20N2O5/c1-29-22(26)20-21(25(27)28)23(17-11-5-2-6-12-17,18-13-7-3-8-14-18)24(30-20)19-15-9-4-10-16-19/h2-16,20-21H,1H3/t20-,21+/m1/s1. The Kier molecular flexibility index (Phi) is 5.20. The maximum absolute atomic E-state index is 12.6. The summed E-state index contributed by atoms with van der Waals surface area (Å²) in [6.45, 7) is 0. The average molecular weight is 404 g/mol. The zero-order valence-electron chi connectivity index (χ0n) is 16.3. The number of para-hydroxylation sites is 1. The molecular formula is C23H20N2O5. The molecule has 0 radical (unpaired) electrons. The zero-order valence-corrected chi connectivity index (χ0v) is 16.3. The molecule has 0 aromatic heterocycles. The topological polar surface area (TPSA) is 81.9 Å². The predicted molar refractivity (Wildman–Crippen MR) is 110 cm³/mol. The van der Waals surface area contributed by atoms with Crippen LogP contribution >= 0.6 is 0 Å². The molecule has 0 N–H and O–H groups in total. The first kappa shape index (κ1) is 19.6. The maximum atomic E-state index is 12.6. The molecule has 0 unspecified atom stereocenters. The van der Waals surface area contributed by atoms with Crippen molar-refractivity contribution in [2.24, 2.45) is 0 Å². The van der Waals surface area contributed by atoms with Crippen molar-refractivity contribution < 1.29 is 19.3 Å². The van der Waals surface area contributed by atoms with Crippen LogP contribution in [0.4, 0.5) is 5.69 Å². The lowest BCUT2D eigenvalue weighted by Gasteiger charge is -2.38. The molecule has 3 aromatic rings. The molecule has 0 spiro atoms. The molecule has 0 bridgehead atoms. The Morgan fingerprint density at radius 2 is 1.40 bits per heavy atom. The van der Waals surface area contributed by atoms with Gasteiger partial charge < -0.3 is 4.74 Å². The van der Waals surface area contributed by atoms with Crippen LogP contribution in [0.3, 0.4) is 0 Å². The number of carbonyl (C=O) groups is 1. The van der Waals surface area contributed by atoms with Crippen LogP contribution in [0.1, 0.15) is 11.1 Å². The molecule has 3 aromatic carbocycles. The molecule has 0 saturated carbocycles. The van der Waals surface area contributed by atoms with Gasteiger partial charge in [-0.05, 0) is 23.3 Å². The Bertz CT molecular complexity index is 988. The number of benzene rings is 3. The summed E-state index contributed by atoms with van der Waals surface area (Å²) in [4.78, 5) is 30.6. The normalized spacial score (nSPS) is 20.0. The van der Waals surface area contributed by atoms with Crippen LogP contribution in [-0.2, 0) is 19.9 Å². The van der Waals surface area contributed by atoms with E-state index >= 15 is 0 Å². The Morgan fingerprint density at radius 3 is 1.83 bits per heavy atom. The van der Waals surface area contributed by atoms with E-state index in [1.165, 1.54) is 12.2 Å². The number of ether oxygens (including phenoxy) is 1. The summed E-state index contributed by atoms with van der Waals surface area (Å²) >= 11 is 0. The minimum Gasteiger partial charge on any atom is -0.467 e. The molecule has 1 aliphatic rings. The van der Waals surface area contributed by atoms with Gasteiger partial charge in [-0.3, -0.25) is 10.1 Å². The van der Waals surface area contributed by atoms with Gasteiger partial charge in [0.25, 0.3) is 12.1 Å². The van der Waals surface area contributed by atoms with Crippen LogP contribution in [0.15, 0.2) is 91.0 Å². The number of carbonyl (C=O) groups excluding carboxylic acids is 1. The van der Waals surface area contributed by atoms with Crippen LogP contribution in [0.25, 0.3) is 0 Å². The van der Waals surface area contributed by atoms with E-state index in [1.807, 2.05) is 78.9 Å². The minimum absolute atomic E-state index is 0.454. The van der Waals surface area contributed by atoms with Gasteiger partial charge in [-0.1, -0.05) is 78.9 Å². The number of methoxy groups -OCH3 is 1. The van der Waals surface area contributed by atoms with E-state index in [9.17, 15) is 14.9 Å². The fraction of sp³-hybridized carbons (Fsp3) is 0.174. The Hall–Kier alpha value is -3.71. The summed E-state index contributed by atoms with van der Waals surface area (Å²) in [6.07, 6.45) is -1.43. The highest BCUT2D eigenvalue weighted by molar-refractivity contribution is 5.78. The smallest absolute Gasteiger partial charge is 0.345 e. The van der Waals surface area contributed by atoms with E-state index in [0.29, 0.717) is 16.8 Å². The summed E-state index contributed by atoms with van der Waals surface area (Å²) in [5.41, 5.74) is 0.455. The molecule has 0 aliphatic carbocycles. The van der Waals surface area contributed by atoms with Crippen LogP contribution in [0.5, 0.6) is 0 Å². The Balaban J connectivity index is 2.08. The first-order valence-electron chi connectivity index (χ1n) is 9.45. The molecule has 152 valence electrons. The van der Waals surface area contributed by atoms with Gasteiger partial charge >= 0.3 is 5.97 Å². The predicted octanol–water partition coefficient (Wildman–Crippen LogP) is 3.57. The van der Waals surface area contributed by atoms with Gasteiger partial charge in [0.05, 0.1) is 12.8 Å². The summed E-state index contributed by atoms with van der Waals surface area (Å²) in [5.74, 6) is -0.800. The molecule has 1 heterocycles. The van der Waals surface area contributed by atoms with Crippen molar-refractivity contribution >= 4 is 11.7 Å². The first-order chi connectivity index (χ1) is 14.6. The van der Waals surface area contributed by atoms with Gasteiger partial charge in [-0.2, -0.15) is 0 Å². The third-order valence-corrected chi connectivity index (χ3v) is 5.33. The molecule has 7 nitrogen and oxygen atoms in total. The van der Waals surface area contributed by atoms with E-state index < -0.39 is 28.6 Å². The Labute approximate surface area is 173 Å². The lowest BCUT2D eigenvalue weighted by atomic mass is 9.75. The summed E-state index contributed by atoms with van der Waals surface area (Å²) in [6, 6.07) is 25.7. The van der Waals surface area contributed by atoms with Crippen LogP contribution in [0, 0.1) is 10.1 Å². The fourth-order valence-electron chi connectivity index (χ4n) is 4.10. The van der Waals surface area contributed by atoms with Gasteiger partial charge in [0.15, 0.2) is 5.54 Å². The van der Waals surface area contributed by atoms with Gasteiger partial charge in [-0.15, -0.1) is 0 Å². The SMILES string of the molecule is COC(=O)[C@@H]1ON(c2ccccc2)C(c2ccccc2)(c2ccccc2)[C@H]1[N+](=O)[O-]. The van der Waals surface area contributed by atoms with E-state index in [2.05, 4.69) is 0 Å². The van der Waals surface area contributed by atoms with Crippen LogP contribution in [0.2, 0.25) is 0 Å². The molecular weight excluding hydrogens is 384 g/mol. The highest BCUT2D eigenvalue weighted by atomic mass is 16.7. The van der Waals surface area contributed by atoms with E-state index in [-0.39, 0.29) is 0 Å². The minimum atomic E-state index is -1.45. The number of esters is 1. The van der Waals surface area contributed by atoms with Crippen molar-refractivity contribution in [3.63, 3.8) is 0 Å². The fourth-order valence-corrected chi connectivity index (χ4v) is 4.10. The monoisotopic (exact) mass is 404 g/mol. The van der Waals surface area contributed by atoms with Crippen LogP contribution < -0.4 is 5.06 Å². The largest absolute Gasteiger partial charge is 0.467 e. The van der Waals surface area contributed by atoms with Crippen molar-refractivity contribution in [2.75, 3.05) is 12.2 Å². The van der Waals surface area contributed by atoms with Crippen molar-refractivity contribution in [2.45, 2.75) is 17.7 Å². The highest BCUT2D eigenvalue weighted by Gasteiger charge is 2.67. The summed E-state index contributed by atoms with van der Waals surface area (Å²) in [5, 5.41) is 13.9.